The Morgan fingerprint density at radius 2 is 1.67 bits per heavy atom. The highest BCUT2D eigenvalue weighted by atomic mass is 16.7. The monoisotopic (exact) mass is 215 g/mol. The molecule has 0 spiro atoms. The number of hydrogen-bond donors (Lipinski definition) is 0. The van der Waals surface area contributed by atoms with Gasteiger partial charge in [0.05, 0.1) is 12.4 Å². The van der Waals surface area contributed by atoms with Crippen LogP contribution in [0.3, 0.4) is 0 Å². The molecule has 0 aromatic heterocycles. The standard InChI is InChI=1S/C10H20BO4/c1-5-13-9(12)8(11-4)10(14-6-2)15-7-3/h8,10H,5-7H2,1-4H3. The van der Waals surface area contributed by atoms with E-state index >= 15 is 0 Å². The molecule has 0 aromatic rings. The molecule has 1 atom stereocenters. The van der Waals surface area contributed by atoms with Crippen LogP contribution in [0, 0.1) is 0 Å². The summed E-state index contributed by atoms with van der Waals surface area (Å²) in [6.45, 7) is 8.69. The highest BCUT2D eigenvalue weighted by Crippen LogP contribution is 2.17. The topological polar surface area (TPSA) is 44.8 Å². The second-order valence-electron chi connectivity index (χ2n) is 2.89. The Bertz CT molecular complexity index is 169. The quantitative estimate of drug-likeness (QED) is 0.349. The number of rotatable bonds is 8. The fourth-order valence-corrected chi connectivity index (χ4v) is 1.23. The minimum atomic E-state index is -0.538. The minimum absolute atomic E-state index is 0.299. The van der Waals surface area contributed by atoms with Crippen LogP contribution in [-0.4, -0.2) is 39.4 Å². The molecular weight excluding hydrogens is 195 g/mol. The van der Waals surface area contributed by atoms with Gasteiger partial charge >= 0.3 is 5.97 Å². The minimum Gasteiger partial charge on any atom is -0.466 e. The van der Waals surface area contributed by atoms with Gasteiger partial charge in [-0.2, -0.15) is 0 Å². The fourth-order valence-electron chi connectivity index (χ4n) is 1.23. The van der Waals surface area contributed by atoms with Crippen LogP contribution in [-0.2, 0) is 19.0 Å². The molecule has 5 heteroatoms. The highest BCUT2D eigenvalue weighted by molar-refractivity contribution is 6.42. The van der Waals surface area contributed by atoms with E-state index < -0.39 is 12.1 Å². The van der Waals surface area contributed by atoms with E-state index in [1.165, 1.54) is 0 Å². The first-order valence-corrected chi connectivity index (χ1v) is 5.40. The second-order valence-corrected chi connectivity index (χ2v) is 2.89. The summed E-state index contributed by atoms with van der Waals surface area (Å²) in [5.74, 6) is -0.753. The molecule has 0 rings (SSSR count). The lowest BCUT2D eigenvalue weighted by Gasteiger charge is -2.23. The first-order chi connectivity index (χ1) is 7.21. The first-order valence-electron chi connectivity index (χ1n) is 5.40. The van der Waals surface area contributed by atoms with Gasteiger partial charge in [0.2, 0.25) is 0 Å². The van der Waals surface area contributed by atoms with E-state index in [0.29, 0.717) is 19.8 Å². The van der Waals surface area contributed by atoms with Crippen molar-refractivity contribution in [1.82, 2.24) is 0 Å². The van der Waals surface area contributed by atoms with Crippen LogP contribution in [0.25, 0.3) is 0 Å². The molecule has 87 valence electrons. The van der Waals surface area contributed by atoms with Crippen molar-refractivity contribution < 1.29 is 19.0 Å². The average molecular weight is 215 g/mol. The van der Waals surface area contributed by atoms with Gasteiger partial charge in [-0.1, -0.05) is 6.82 Å². The summed E-state index contributed by atoms with van der Waals surface area (Å²) >= 11 is 0. The Labute approximate surface area is 92.5 Å². The van der Waals surface area contributed by atoms with Crippen molar-refractivity contribution in [1.29, 1.82) is 0 Å². The smallest absolute Gasteiger partial charge is 0.305 e. The van der Waals surface area contributed by atoms with Crippen molar-refractivity contribution >= 4 is 13.2 Å². The van der Waals surface area contributed by atoms with Gasteiger partial charge in [0.15, 0.2) is 6.29 Å². The number of carbonyl (C=O) groups excluding carboxylic acids is 1. The van der Waals surface area contributed by atoms with Crippen molar-refractivity contribution in [2.24, 2.45) is 0 Å². The molecule has 0 aliphatic heterocycles. The third kappa shape index (κ3) is 5.18. The van der Waals surface area contributed by atoms with E-state index in [1.54, 1.807) is 21.0 Å². The zero-order chi connectivity index (χ0) is 11.7. The van der Waals surface area contributed by atoms with Gasteiger partial charge in [-0.25, -0.2) is 0 Å². The summed E-state index contributed by atoms with van der Waals surface area (Å²) in [6.07, 6.45) is -0.538. The summed E-state index contributed by atoms with van der Waals surface area (Å²) in [5, 5.41) is 0. The molecule has 0 aliphatic carbocycles. The molecule has 0 aliphatic rings. The molecule has 15 heavy (non-hydrogen) atoms. The van der Waals surface area contributed by atoms with Gasteiger partial charge in [0.1, 0.15) is 7.28 Å². The van der Waals surface area contributed by atoms with Gasteiger partial charge < -0.3 is 14.2 Å². The van der Waals surface area contributed by atoms with Crippen LogP contribution < -0.4 is 0 Å². The van der Waals surface area contributed by atoms with Crippen molar-refractivity contribution in [3.63, 3.8) is 0 Å². The summed E-state index contributed by atoms with van der Waals surface area (Å²) in [6, 6.07) is 0. The largest absolute Gasteiger partial charge is 0.466 e. The van der Waals surface area contributed by atoms with E-state index in [2.05, 4.69) is 0 Å². The molecule has 1 radical (unpaired) electrons. The number of hydrogen-bond acceptors (Lipinski definition) is 4. The lowest BCUT2D eigenvalue weighted by atomic mass is 9.66. The highest BCUT2D eigenvalue weighted by Gasteiger charge is 2.29. The maximum Gasteiger partial charge on any atom is 0.305 e. The molecule has 0 amide bonds. The number of ether oxygens (including phenoxy) is 3. The summed E-state index contributed by atoms with van der Waals surface area (Å²) in [5.41, 5.74) is 0. The van der Waals surface area contributed by atoms with Gasteiger partial charge in [-0.15, -0.1) is 0 Å². The van der Waals surface area contributed by atoms with Crippen LogP contribution >= 0.6 is 0 Å². The molecular formula is C10H20BO4. The fraction of sp³-hybridized carbons (Fsp3) is 0.900. The van der Waals surface area contributed by atoms with E-state index in [1.807, 2.05) is 13.8 Å². The summed E-state index contributed by atoms with van der Waals surface area (Å²) in [7, 11) is 1.74. The van der Waals surface area contributed by atoms with E-state index in [4.69, 9.17) is 14.2 Å². The van der Waals surface area contributed by atoms with Gasteiger partial charge in [-0.05, 0) is 20.8 Å². The SMILES string of the molecule is C[B]C(C(=O)OCC)C(OCC)OCC. The Balaban J connectivity index is 4.35. The lowest BCUT2D eigenvalue weighted by Crippen LogP contribution is -2.33. The van der Waals surface area contributed by atoms with E-state index in [9.17, 15) is 4.79 Å². The average Bonchev–Trinajstić information content (AvgIpc) is 2.20. The third-order valence-electron chi connectivity index (χ3n) is 1.87. The van der Waals surface area contributed by atoms with Crippen molar-refractivity contribution in [3.8, 4) is 0 Å². The second kappa shape index (κ2) is 8.74. The molecule has 0 aromatic carbocycles. The number of esters is 1. The van der Waals surface area contributed by atoms with Crippen LogP contribution in [0.4, 0.5) is 0 Å². The molecule has 0 bridgehead atoms. The Kier molecular flexibility index (Phi) is 8.42. The maximum absolute atomic E-state index is 11.6. The molecule has 0 heterocycles. The van der Waals surface area contributed by atoms with Crippen molar-refractivity contribution in [2.75, 3.05) is 19.8 Å². The lowest BCUT2D eigenvalue weighted by molar-refractivity contribution is -0.167. The summed E-state index contributed by atoms with van der Waals surface area (Å²) in [4.78, 5) is 11.6. The molecule has 1 unspecified atom stereocenters. The van der Waals surface area contributed by atoms with E-state index in [-0.39, 0.29) is 5.97 Å². The summed E-state index contributed by atoms with van der Waals surface area (Å²) < 4.78 is 15.6. The molecule has 0 fully saturated rings. The molecule has 0 saturated heterocycles. The van der Waals surface area contributed by atoms with Crippen LogP contribution in [0.5, 0.6) is 0 Å². The van der Waals surface area contributed by atoms with Crippen molar-refractivity contribution in [3.05, 3.63) is 0 Å². The van der Waals surface area contributed by atoms with Crippen LogP contribution in [0.15, 0.2) is 0 Å². The van der Waals surface area contributed by atoms with Crippen LogP contribution in [0.2, 0.25) is 12.6 Å². The normalized spacial score (nSPS) is 12.6. The Morgan fingerprint density at radius 3 is 2.00 bits per heavy atom. The number of carbonyl (C=O) groups is 1. The van der Waals surface area contributed by atoms with E-state index in [0.717, 1.165) is 0 Å². The van der Waals surface area contributed by atoms with Crippen LogP contribution in [0.1, 0.15) is 20.8 Å². The first kappa shape index (κ1) is 14.5. The zero-order valence-electron chi connectivity index (χ0n) is 9.99. The van der Waals surface area contributed by atoms with Gasteiger partial charge in [0.25, 0.3) is 0 Å². The molecule has 0 N–H and O–H groups in total. The Hall–Kier alpha value is -0.545. The van der Waals surface area contributed by atoms with Gasteiger partial charge in [-0.3, -0.25) is 4.79 Å². The molecule has 4 nitrogen and oxygen atoms in total. The predicted octanol–water partition coefficient (Wildman–Crippen LogP) is 1.49. The zero-order valence-corrected chi connectivity index (χ0v) is 9.99. The third-order valence-corrected chi connectivity index (χ3v) is 1.87. The predicted molar refractivity (Wildman–Crippen MR) is 59.0 cm³/mol. The maximum atomic E-state index is 11.6. The molecule has 0 saturated carbocycles. The Morgan fingerprint density at radius 1 is 1.13 bits per heavy atom. The van der Waals surface area contributed by atoms with Crippen molar-refractivity contribution in [2.45, 2.75) is 39.7 Å². The van der Waals surface area contributed by atoms with Gasteiger partial charge in [0, 0.05) is 13.2 Å².